The highest BCUT2D eigenvalue weighted by Gasteiger charge is 2.43. The van der Waals surface area contributed by atoms with Crippen LogP contribution in [-0.2, 0) is 5.41 Å². The Balaban J connectivity index is 2.13. The molecule has 1 fully saturated rings. The summed E-state index contributed by atoms with van der Waals surface area (Å²) >= 11 is 6.24. The van der Waals surface area contributed by atoms with Gasteiger partial charge in [-0.2, -0.15) is 0 Å². The topological polar surface area (TPSA) is 25.8 Å². The minimum Gasteiger partial charge on any atom is -0.237 e. The highest BCUT2D eigenvalue weighted by Crippen LogP contribution is 2.47. The minimum atomic E-state index is -0.0244. The van der Waals surface area contributed by atoms with Crippen molar-refractivity contribution in [1.29, 1.82) is 0 Å². The Morgan fingerprint density at radius 1 is 1.05 bits per heavy atom. The highest BCUT2D eigenvalue weighted by molar-refractivity contribution is 6.30. The molecule has 0 radical (unpaired) electrons. The second-order valence-corrected chi connectivity index (χ2v) is 5.71. The summed E-state index contributed by atoms with van der Waals surface area (Å²) in [5.41, 5.74) is 3.24. The van der Waals surface area contributed by atoms with Crippen LogP contribution in [0.15, 0.2) is 30.3 Å². The van der Waals surface area contributed by atoms with E-state index in [1.54, 1.807) is 0 Å². The Labute approximate surface area is 118 Å². The van der Waals surface area contributed by atoms with E-state index in [1.807, 2.05) is 19.9 Å². The monoisotopic (exact) mass is 272 g/mol. The summed E-state index contributed by atoms with van der Waals surface area (Å²) in [5.74, 6) is 0.887. The van der Waals surface area contributed by atoms with Crippen LogP contribution < -0.4 is 0 Å². The summed E-state index contributed by atoms with van der Waals surface area (Å²) in [7, 11) is 0. The molecule has 0 aliphatic heterocycles. The largest absolute Gasteiger partial charge is 0.237 e. The Morgan fingerprint density at radius 2 is 1.74 bits per heavy atom. The molecule has 1 aliphatic rings. The van der Waals surface area contributed by atoms with Crippen molar-refractivity contribution in [3.8, 4) is 0 Å². The fraction of sp³-hybridized carbons (Fsp3) is 0.375. The maximum atomic E-state index is 6.24. The SMILES string of the molecule is Cc1nc(C2(c3ccccc3)CCC2)nc(Cl)c1C. The molecule has 0 amide bonds. The molecule has 2 aromatic rings. The van der Waals surface area contributed by atoms with Crippen molar-refractivity contribution < 1.29 is 0 Å². The molecule has 0 bridgehead atoms. The first kappa shape index (κ1) is 12.6. The zero-order valence-corrected chi connectivity index (χ0v) is 12.0. The van der Waals surface area contributed by atoms with E-state index < -0.39 is 0 Å². The van der Waals surface area contributed by atoms with Gasteiger partial charge in [0.05, 0.1) is 5.41 Å². The molecule has 3 rings (SSSR count). The zero-order chi connectivity index (χ0) is 13.5. The lowest BCUT2D eigenvalue weighted by Crippen LogP contribution is -2.37. The molecule has 1 heterocycles. The van der Waals surface area contributed by atoms with Gasteiger partial charge in [-0.25, -0.2) is 9.97 Å². The third-order valence-electron chi connectivity index (χ3n) is 4.29. The number of rotatable bonds is 2. The van der Waals surface area contributed by atoms with Gasteiger partial charge < -0.3 is 0 Å². The van der Waals surface area contributed by atoms with Gasteiger partial charge in [0.2, 0.25) is 0 Å². The van der Waals surface area contributed by atoms with Gasteiger partial charge in [-0.1, -0.05) is 48.4 Å². The lowest BCUT2D eigenvalue weighted by molar-refractivity contribution is 0.284. The summed E-state index contributed by atoms with van der Waals surface area (Å²) in [5, 5.41) is 0.588. The Kier molecular flexibility index (Phi) is 3.06. The minimum absolute atomic E-state index is 0.0244. The standard InChI is InChI=1S/C16H17ClN2/c1-11-12(2)18-15(19-14(11)17)16(9-6-10-16)13-7-4-3-5-8-13/h3-5,7-8H,6,9-10H2,1-2H3. The molecule has 2 nitrogen and oxygen atoms in total. The van der Waals surface area contributed by atoms with E-state index in [4.69, 9.17) is 16.6 Å². The molecular formula is C16H17ClN2. The number of aromatic nitrogens is 2. The molecule has 1 aromatic heterocycles. The van der Waals surface area contributed by atoms with Crippen molar-refractivity contribution in [2.75, 3.05) is 0 Å². The third-order valence-corrected chi connectivity index (χ3v) is 4.66. The van der Waals surface area contributed by atoms with Gasteiger partial charge in [-0.15, -0.1) is 0 Å². The summed E-state index contributed by atoms with van der Waals surface area (Å²) in [6.07, 6.45) is 3.44. The molecule has 0 atom stereocenters. The quantitative estimate of drug-likeness (QED) is 0.765. The van der Waals surface area contributed by atoms with Crippen LogP contribution in [0.5, 0.6) is 0 Å². The van der Waals surface area contributed by atoms with Gasteiger partial charge in [0.25, 0.3) is 0 Å². The summed E-state index contributed by atoms with van der Waals surface area (Å²) < 4.78 is 0. The van der Waals surface area contributed by atoms with E-state index in [1.165, 1.54) is 12.0 Å². The summed E-state index contributed by atoms with van der Waals surface area (Å²) in [6.45, 7) is 3.97. The highest BCUT2D eigenvalue weighted by atomic mass is 35.5. The van der Waals surface area contributed by atoms with Crippen molar-refractivity contribution in [2.45, 2.75) is 38.5 Å². The van der Waals surface area contributed by atoms with Crippen LogP contribution in [0.25, 0.3) is 0 Å². The van der Waals surface area contributed by atoms with E-state index in [2.05, 4.69) is 29.2 Å². The molecule has 1 saturated carbocycles. The number of hydrogen-bond acceptors (Lipinski definition) is 2. The Bertz CT molecular complexity index is 580. The molecule has 0 saturated heterocycles. The second kappa shape index (κ2) is 4.61. The molecular weight excluding hydrogens is 256 g/mol. The van der Waals surface area contributed by atoms with E-state index >= 15 is 0 Å². The van der Waals surface area contributed by atoms with E-state index in [-0.39, 0.29) is 5.41 Å². The van der Waals surface area contributed by atoms with E-state index in [0.29, 0.717) is 5.15 Å². The molecule has 0 N–H and O–H groups in total. The average Bonchev–Trinajstić information content (AvgIpc) is 2.36. The number of hydrogen-bond donors (Lipinski definition) is 0. The second-order valence-electron chi connectivity index (χ2n) is 5.35. The van der Waals surface area contributed by atoms with Crippen molar-refractivity contribution in [1.82, 2.24) is 9.97 Å². The van der Waals surface area contributed by atoms with Crippen LogP contribution >= 0.6 is 11.6 Å². The summed E-state index contributed by atoms with van der Waals surface area (Å²) in [4.78, 5) is 9.27. The molecule has 98 valence electrons. The van der Waals surface area contributed by atoms with Gasteiger partial charge in [0, 0.05) is 11.3 Å². The van der Waals surface area contributed by atoms with E-state index in [9.17, 15) is 0 Å². The number of halogens is 1. The summed E-state index contributed by atoms with van der Waals surface area (Å²) in [6, 6.07) is 10.6. The Hall–Kier alpha value is -1.41. The van der Waals surface area contributed by atoms with Gasteiger partial charge in [0.1, 0.15) is 11.0 Å². The van der Waals surface area contributed by atoms with Gasteiger partial charge >= 0.3 is 0 Å². The van der Waals surface area contributed by atoms with Crippen LogP contribution in [0.1, 0.15) is 41.9 Å². The molecule has 1 aliphatic carbocycles. The molecule has 1 aromatic carbocycles. The van der Waals surface area contributed by atoms with Crippen LogP contribution in [0.3, 0.4) is 0 Å². The average molecular weight is 273 g/mol. The van der Waals surface area contributed by atoms with Crippen molar-refractivity contribution >= 4 is 11.6 Å². The number of aryl methyl sites for hydroxylation is 1. The first-order valence-corrected chi connectivity index (χ1v) is 7.08. The lowest BCUT2D eigenvalue weighted by atomic mass is 9.64. The maximum absolute atomic E-state index is 6.24. The van der Waals surface area contributed by atoms with Crippen molar-refractivity contribution in [3.63, 3.8) is 0 Å². The fourth-order valence-corrected chi connectivity index (χ4v) is 2.95. The zero-order valence-electron chi connectivity index (χ0n) is 11.3. The van der Waals surface area contributed by atoms with E-state index in [0.717, 1.165) is 29.9 Å². The molecule has 0 spiro atoms. The van der Waals surface area contributed by atoms with Gasteiger partial charge in [-0.3, -0.25) is 0 Å². The van der Waals surface area contributed by atoms with Crippen LogP contribution in [0.4, 0.5) is 0 Å². The number of nitrogens with zero attached hydrogens (tertiary/aromatic N) is 2. The fourth-order valence-electron chi connectivity index (χ4n) is 2.74. The van der Waals surface area contributed by atoms with Crippen molar-refractivity contribution in [3.05, 3.63) is 58.1 Å². The van der Waals surface area contributed by atoms with Crippen LogP contribution in [0, 0.1) is 13.8 Å². The van der Waals surface area contributed by atoms with Crippen molar-refractivity contribution in [2.24, 2.45) is 0 Å². The first-order valence-electron chi connectivity index (χ1n) is 6.70. The van der Waals surface area contributed by atoms with Gasteiger partial charge in [-0.05, 0) is 32.3 Å². The predicted molar refractivity (Wildman–Crippen MR) is 77.6 cm³/mol. The normalized spacial score (nSPS) is 17.0. The third kappa shape index (κ3) is 1.95. The maximum Gasteiger partial charge on any atom is 0.140 e. The van der Waals surface area contributed by atoms with Gasteiger partial charge in [0.15, 0.2) is 0 Å². The number of benzene rings is 1. The van der Waals surface area contributed by atoms with Crippen LogP contribution in [0.2, 0.25) is 5.15 Å². The molecule has 19 heavy (non-hydrogen) atoms. The smallest absolute Gasteiger partial charge is 0.140 e. The Morgan fingerprint density at radius 3 is 2.26 bits per heavy atom. The predicted octanol–water partition coefficient (Wildman–Crippen LogP) is 4.22. The first-order chi connectivity index (χ1) is 9.13. The molecule has 0 unspecified atom stereocenters. The lowest BCUT2D eigenvalue weighted by Gasteiger charge is -2.41. The molecule has 3 heteroatoms. The van der Waals surface area contributed by atoms with Crippen LogP contribution in [-0.4, -0.2) is 9.97 Å².